The molecule has 8 heteroatoms. The van der Waals surface area contributed by atoms with Crippen molar-refractivity contribution in [3.05, 3.63) is 53.6 Å². The number of carbonyl (C=O) groups excluding carboxylic acids is 3. The van der Waals surface area contributed by atoms with Crippen molar-refractivity contribution < 1.29 is 33.3 Å². The van der Waals surface area contributed by atoms with E-state index >= 15 is 0 Å². The quantitative estimate of drug-likeness (QED) is 0.352. The molecule has 2 aromatic carbocycles. The third-order valence-electron chi connectivity index (χ3n) is 4.29. The van der Waals surface area contributed by atoms with Crippen LogP contribution in [0.1, 0.15) is 29.3 Å². The molecule has 0 saturated heterocycles. The van der Waals surface area contributed by atoms with Crippen molar-refractivity contribution in [3.8, 4) is 17.2 Å². The highest BCUT2D eigenvalue weighted by molar-refractivity contribution is 5.99. The number of ether oxygens (including phenoxy) is 4. The van der Waals surface area contributed by atoms with Crippen LogP contribution in [0.15, 0.2) is 42.5 Å². The minimum atomic E-state index is -0.683. The molecule has 1 amide bonds. The number of amides is 1. The number of carbonyl (C=O) groups is 3. The third-order valence-corrected chi connectivity index (χ3v) is 4.29. The monoisotopic (exact) mass is 427 g/mol. The van der Waals surface area contributed by atoms with E-state index in [1.54, 1.807) is 43.3 Å². The van der Waals surface area contributed by atoms with Gasteiger partial charge >= 0.3 is 5.97 Å². The second-order valence-electron chi connectivity index (χ2n) is 6.29. The van der Waals surface area contributed by atoms with Crippen molar-refractivity contribution in [1.82, 2.24) is 0 Å². The number of ketones is 1. The molecule has 31 heavy (non-hydrogen) atoms. The average Bonchev–Trinajstić information content (AvgIpc) is 2.80. The van der Waals surface area contributed by atoms with Gasteiger partial charge in [0.05, 0.1) is 21.3 Å². The molecule has 0 spiro atoms. The lowest BCUT2D eigenvalue weighted by atomic mass is 10.1. The van der Waals surface area contributed by atoms with E-state index in [2.05, 4.69) is 5.32 Å². The lowest BCUT2D eigenvalue weighted by Crippen LogP contribution is -2.13. The molecule has 0 atom stereocenters. The predicted octanol–water partition coefficient (Wildman–Crippen LogP) is 3.50. The summed E-state index contributed by atoms with van der Waals surface area (Å²) in [5, 5.41) is 2.69. The third kappa shape index (κ3) is 6.60. The Morgan fingerprint density at radius 2 is 1.52 bits per heavy atom. The van der Waals surface area contributed by atoms with Crippen LogP contribution in [0.5, 0.6) is 17.2 Å². The van der Waals surface area contributed by atoms with Gasteiger partial charge in [0.25, 0.3) is 0 Å². The van der Waals surface area contributed by atoms with E-state index in [0.29, 0.717) is 40.5 Å². The molecule has 0 heterocycles. The van der Waals surface area contributed by atoms with Gasteiger partial charge in [0.2, 0.25) is 5.91 Å². The van der Waals surface area contributed by atoms with Gasteiger partial charge in [0.15, 0.2) is 23.9 Å². The summed E-state index contributed by atoms with van der Waals surface area (Å²) in [6.45, 7) is 1.34. The van der Waals surface area contributed by atoms with Gasteiger partial charge < -0.3 is 24.3 Å². The van der Waals surface area contributed by atoms with E-state index in [1.165, 1.54) is 33.5 Å². The molecular weight excluding hydrogens is 402 g/mol. The van der Waals surface area contributed by atoms with Crippen LogP contribution in [0.2, 0.25) is 0 Å². The Morgan fingerprint density at radius 3 is 2.10 bits per heavy atom. The van der Waals surface area contributed by atoms with E-state index in [-0.39, 0.29) is 11.7 Å². The number of anilines is 1. The van der Waals surface area contributed by atoms with Gasteiger partial charge in [0.1, 0.15) is 5.75 Å². The Bertz CT molecular complexity index is 965. The van der Waals surface area contributed by atoms with Crippen molar-refractivity contribution in [2.45, 2.75) is 13.3 Å². The maximum absolute atomic E-state index is 12.2. The fourth-order valence-corrected chi connectivity index (χ4v) is 2.60. The SMILES string of the molecule is CCC(=O)Nc1ccc(C(=O)COC(=O)/C=C/c2cc(OC)c(OC)cc2OC)cc1. The first-order valence-electron chi connectivity index (χ1n) is 9.49. The second kappa shape index (κ2) is 11.4. The Balaban J connectivity index is 1.98. The summed E-state index contributed by atoms with van der Waals surface area (Å²) < 4.78 is 20.8. The van der Waals surface area contributed by atoms with E-state index in [1.807, 2.05) is 0 Å². The Kier molecular flexibility index (Phi) is 8.63. The van der Waals surface area contributed by atoms with Crippen LogP contribution in [0, 0.1) is 0 Å². The highest BCUT2D eigenvalue weighted by atomic mass is 16.5. The second-order valence-corrected chi connectivity index (χ2v) is 6.29. The van der Waals surface area contributed by atoms with Crippen LogP contribution in [-0.4, -0.2) is 45.6 Å². The summed E-state index contributed by atoms with van der Waals surface area (Å²) in [7, 11) is 4.51. The zero-order valence-electron chi connectivity index (χ0n) is 17.9. The zero-order chi connectivity index (χ0) is 22.8. The maximum atomic E-state index is 12.2. The summed E-state index contributed by atoms with van der Waals surface area (Å²) in [4.78, 5) is 35.6. The molecule has 2 rings (SSSR count). The molecule has 2 aromatic rings. The highest BCUT2D eigenvalue weighted by Crippen LogP contribution is 2.35. The van der Waals surface area contributed by atoms with Crippen LogP contribution in [0.3, 0.4) is 0 Å². The Morgan fingerprint density at radius 1 is 0.903 bits per heavy atom. The van der Waals surface area contributed by atoms with Gasteiger partial charge in [-0.15, -0.1) is 0 Å². The highest BCUT2D eigenvalue weighted by Gasteiger charge is 2.12. The van der Waals surface area contributed by atoms with E-state index in [9.17, 15) is 14.4 Å². The molecule has 0 aromatic heterocycles. The summed E-state index contributed by atoms with van der Waals surface area (Å²) >= 11 is 0. The Labute approximate surface area is 180 Å². The molecule has 0 fully saturated rings. The van der Waals surface area contributed by atoms with Gasteiger partial charge in [0, 0.05) is 35.4 Å². The number of nitrogens with one attached hydrogen (secondary N) is 1. The van der Waals surface area contributed by atoms with Crippen molar-refractivity contribution in [3.63, 3.8) is 0 Å². The van der Waals surface area contributed by atoms with Gasteiger partial charge in [-0.25, -0.2) is 4.79 Å². The molecule has 0 aliphatic heterocycles. The molecular formula is C23H25NO7. The number of esters is 1. The summed E-state index contributed by atoms with van der Waals surface area (Å²) in [6, 6.07) is 9.65. The number of hydrogen-bond donors (Lipinski definition) is 1. The maximum Gasteiger partial charge on any atom is 0.331 e. The molecule has 0 aliphatic rings. The lowest BCUT2D eigenvalue weighted by Gasteiger charge is -2.12. The minimum Gasteiger partial charge on any atom is -0.496 e. The van der Waals surface area contributed by atoms with Crippen molar-refractivity contribution >= 4 is 29.4 Å². The van der Waals surface area contributed by atoms with E-state index in [0.717, 1.165) is 0 Å². The number of benzene rings is 2. The first-order valence-corrected chi connectivity index (χ1v) is 9.49. The molecule has 0 aliphatic carbocycles. The molecule has 0 bridgehead atoms. The van der Waals surface area contributed by atoms with Crippen molar-refractivity contribution in [2.75, 3.05) is 33.3 Å². The standard InChI is InChI=1S/C23H25NO7/c1-5-22(26)24-17-9-6-15(7-10-17)18(25)14-31-23(27)11-8-16-12-20(29-3)21(30-4)13-19(16)28-2/h6-13H,5,14H2,1-4H3,(H,24,26)/b11-8+. The molecule has 8 nitrogen and oxygen atoms in total. The summed E-state index contributed by atoms with van der Waals surface area (Å²) in [5.41, 5.74) is 1.54. The number of Topliss-reactive ketones (excluding diaryl/α,β-unsaturated/α-hetero) is 1. The zero-order valence-corrected chi connectivity index (χ0v) is 17.9. The topological polar surface area (TPSA) is 100 Å². The number of hydrogen-bond acceptors (Lipinski definition) is 7. The predicted molar refractivity (Wildman–Crippen MR) is 116 cm³/mol. The molecule has 0 radical (unpaired) electrons. The van der Waals surface area contributed by atoms with Crippen LogP contribution >= 0.6 is 0 Å². The number of rotatable bonds is 10. The largest absolute Gasteiger partial charge is 0.496 e. The minimum absolute atomic E-state index is 0.120. The van der Waals surface area contributed by atoms with Crippen LogP contribution in [0.4, 0.5) is 5.69 Å². The van der Waals surface area contributed by atoms with Gasteiger partial charge in [-0.3, -0.25) is 9.59 Å². The van der Waals surface area contributed by atoms with Crippen LogP contribution < -0.4 is 19.5 Å². The van der Waals surface area contributed by atoms with Crippen LogP contribution in [-0.2, 0) is 14.3 Å². The normalized spacial score (nSPS) is 10.5. The summed E-state index contributed by atoms with van der Waals surface area (Å²) in [6.07, 6.45) is 3.05. The smallest absolute Gasteiger partial charge is 0.331 e. The fourth-order valence-electron chi connectivity index (χ4n) is 2.60. The van der Waals surface area contributed by atoms with E-state index in [4.69, 9.17) is 18.9 Å². The molecule has 1 N–H and O–H groups in total. The van der Waals surface area contributed by atoms with Gasteiger partial charge in [-0.1, -0.05) is 6.92 Å². The fraction of sp³-hybridized carbons (Fsp3) is 0.261. The van der Waals surface area contributed by atoms with Gasteiger partial charge in [-0.2, -0.15) is 0 Å². The first-order chi connectivity index (χ1) is 14.9. The molecule has 0 unspecified atom stereocenters. The van der Waals surface area contributed by atoms with Crippen molar-refractivity contribution in [2.24, 2.45) is 0 Å². The van der Waals surface area contributed by atoms with E-state index < -0.39 is 12.6 Å². The molecule has 0 saturated carbocycles. The van der Waals surface area contributed by atoms with Crippen LogP contribution in [0.25, 0.3) is 6.08 Å². The Hall–Kier alpha value is -3.81. The average molecular weight is 427 g/mol. The first kappa shape index (κ1) is 23.5. The summed E-state index contributed by atoms with van der Waals surface area (Å²) in [5.74, 6) is 0.282. The lowest BCUT2D eigenvalue weighted by molar-refractivity contribution is -0.136. The van der Waals surface area contributed by atoms with Gasteiger partial charge in [-0.05, 0) is 36.4 Å². The van der Waals surface area contributed by atoms with Crippen molar-refractivity contribution in [1.29, 1.82) is 0 Å². The molecule has 164 valence electrons. The number of methoxy groups -OCH3 is 3.